The van der Waals surface area contributed by atoms with E-state index in [0.717, 1.165) is 5.01 Å². The maximum absolute atomic E-state index is 11.0. The molecule has 144 valence electrons. The highest BCUT2D eigenvalue weighted by atomic mass is 32.1. The summed E-state index contributed by atoms with van der Waals surface area (Å²) in [6.45, 7) is 1.45. The first-order valence-corrected chi connectivity index (χ1v) is 9.34. The van der Waals surface area contributed by atoms with E-state index in [1.165, 1.54) is 24.0 Å². The standard InChI is InChI=1S/C16H20N6O4S/c1-8(4-10-18-2-3-27-10)16(13(25)12(24)9(5-23)26-16)22-7-21-11-14(17)19-6-20-15(11)22/h2-3,6-9,12-13,23-25H,4-5H2,1H3,(H2,17,19,20)/t8?,9-,12-,13-,16-/m1/s1. The summed E-state index contributed by atoms with van der Waals surface area (Å²) >= 11 is 1.49. The van der Waals surface area contributed by atoms with Crippen molar-refractivity contribution in [3.63, 3.8) is 0 Å². The van der Waals surface area contributed by atoms with Crippen molar-refractivity contribution in [1.82, 2.24) is 24.5 Å². The lowest BCUT2D eigenvalue weighted by molar-refractivity contribution is -0.177. The van der Waals surface area contributed by atoms with Gasteiger partial charge >= 0.3 is 0 Å². The van der Waals surface area contributed by atoms with Gasteiger partial charge in [-0.1, -0.05) is 6.92 Å². The van der Waals surface area contributed by atoms with E-state index in [1.807, 2.05) is 12.3 Å². The van der Waals surface area contributed by atoms with Gasteiger partial charge in [0.15, 0.2) is 17.2 Å². The molecule has 4 heterocycles. The highest BCUT2D eigenvalue weighted by Crippen LogP contribution is 2.44. The van der Waals surface area contributed by atoms with Gasteiger partial charge in [0, 0.05) is 23.9 Å². The molecule has 0 aromatic carbocycles. The van der Waals surface area contributed by atoms with E-state index in [-0.39, 0.29) is 11.7 Å². The van der Waals surface area contributed by atoms with E-state index in [9.17, 15) is 15.3 Å². The molecule has 10 nitrogen and oxygen atoms in total. The maximum atomic E-state index is 11.0. The molecule has 1 aliphatic heterocycles. The van der Waals surface area contributed by atoms with Crippen molar-refractivity contribution in [3.05, 3.63) is 29.2 Å². The van der Waals surface area contributed by atoms with E-state index >= 15 is 0 Å². The molecule has 0 spiro atoms. The number of aliphatic hydroxyl groups is 3. The van der Waals surface area contributed by atoms with Gasteiger partial charge in [-0.2, -0.15) is 0 Å². The first-order chi connectivity index (χ1) is 13.0. The van der Waals surface area contributed by atoms with E-state index in [1.54, 1.807) is 10.8 Å². The van der Waals surface area contributed by atoms with E-state index in [2.05, 4.69) is 19.9 Å². The lowest BCUT2D eigenvalue weighted by Gasteiger charge is -2.38. The van der Waals surface area contributed by atoms with Gasteiger partial charge in [-0.15, -0.1) is 11.3 Å². The van der Waals surface area contributed by atoms with Crippen molar-refractivity contribution >= 4 is 28.3 Å². The smallest absolute Gasteiger partial charge is 0.179 e. The molecule has 3 aromatic heterocycles. The van der Waals surface area contributed by atoms with Crippen LogP contribution in [0.1, 0.15) is 11.9 Å². The molecule has 1 saturated heterocycles. The Morgan fingerprint density at radius 1 is 1.33 bits per heavy atom. The van der Waals surface area contributed by atoms with E-state index in [0.29, 0.717) is 17.6 Å². The van der Waals surface area contributed by atoms with Gasteiger partial charge in [-0.3, -0.25) is 4.57 Å². The number of nitrogens with two attached hydrogens (primary N) is 1. The highest BCUT2D eigenvalue weighted by Gasteiger charge is 2.58. The molecule has 5 N–H and O–H groups in total. The minimum atomic E-state index is -1.41. The van der Waals surface area contributed by atoms with Crippen LogP contribution in [0.25, 0.3) is 11.2 Å². The van der Waals surface area contributed by atoms with Gasteiger partial charge < -0.3 is 25.8 Å². The molecule has 1 fully saturated rings. The summed E-state index contributed by atoms with van der Waals surface area (Å²) in [5.74, 6) is -0.133. The van der Waals surface area contributed by atoms with Crippen LogP contribution in [-0.2, 0) is 16.9 Å². The van der Waals surface area contributed by atoms with Crippen LogP contribution in [0.3, 0.4) is 0 Å². The van der Waals surface area contributed by atoms with Crippen LogP contribution in [0.4, 0.5) is 5.82 Å². The van der Waals surface area contributed by atoms with Gasteiger partial charge in [0.05, 0.1) is 17.9 Å². The number of hydrogen-bond donors (Lipinski definition) is 4. The predicted octanol–water partition coefficient (Wildman–Crippen LogP) is -0.491. The summed E-state index contributed by atoms with van der Waals surface area (Å²) in [7, 11) is 0. The second-order valence-corrected chi connectivity index (χ2v) is 7.58. The average molecular weight is 392 g/mol. The fourth-order valence-corrected chi connectivity index (χ4v) is 4.44. The zero-order valence-corrected chi connectivity index (χ0v) is 15.3. The summed E-state index contributed by atoms with van der Waals surface area (Å²) < 4.78 is 7.65. The molecule has 5 atom stereocenters. The SMILES string of the molecule is CC(Cc1nccs1)[C@@]1(n2cnc3c(N)ncnc32)O[C@H](CO)[C@@H](O)[C@H]1O. The van der Waals surface area contributed by atoms with E-state index in [4.69, 9.17) is 10.5 Å². The summed E-state index contributed by atoms with van der Waals surface area (Å²) in [6.07, 6.45) is 1.41. The molecule has 3 aromatic rings. The molecular formula is C16H20N6O4S. The van der Waals surface area contributed by atoms with Crippen molar-refractivity contribution in [2.24, 2.45) is 5.92 Å². The third-order valence-corrected chi connectivity index (χ3v) is 5.86. The highest BCUT2D eigenvalue weighted by molar-refractivity contribution is 7.09. The van der Waals surface area contributed by atoms with Crippen LogP contribution in [0, 0.1) is 5.92 Å². The minimum absolute atomic E-state index is 0.202. The number of fused-ring (bicyclic) bond motifs is 1. The Balaban J connectivity index is 1.87. The molecule has 0 saturated carbocycles. The lowest BCUT2D eigenvalue weighted by atomic mass is 9.88. The number of ether oxygens (including phenoxy) is 1. The number of rotatable bonds is 5. The third kappa shape index (κ3) is 2.70. The topological polar surface area (TPSA) is 152 Å². The molecule has 1 aliphatic rings. The number of imidazole rings is 1. The second-order valence-electron chi connectivity index (χ2n) is 6.60. The van der Waals surface area contributed by atoms with Crippen molar-refractivity contribution in [2.45, 2.75) is 37.4 Å². The number of aliphatic hydroxyl groups excluding tert-OH is 3. The Morgan fingerprint density at radius 2 is 2.15 bits per heavy atom. The van der Waals surface area contributed by atoms with Gasteiger partial charge in [0.25, 0.3) is 0 Å². The van der Waals surface area contributed by atoms with Crippen LogP contribution in [0.5, 0.6) is 0 Å². The van der Waals surface area contributed by atoms with Crippen molar-refractivity contribution < 1.29 is 20.1 Å². The number of nitrogens with zero attached hydrogens (tertiary/aromatic N) is 5. The molecule has 0 radical (unpaired) electrons. The fraction of sp³-hybridized carbons (Fsp3) is 0.500. The molecule has 1 unspecified atom stereocenters. The molecule has 27 heavy (non-hydrogen) atoms. The van der Waals surface area contributed by atoms with Gasteiger partial charge in [-0.05, 0) is 0 Å². The first kappa shape index (κ1) is 18.2. The second kappa shape index (κ2) is 6.77. The number of hydrogen-bond acceptors (Lipinski definition) is 10. The summed E-state index contributed by atoms with van der Waals surface area (Å²) in [5.41, 5.74) is 5.22. The Labute approximate surface area is 158 Å². The number of anilines is 1. The minimum Gasteiger partial charge on any atom is -0.394 e. The quantitative estimate of drug-likeness (QED) is 0.450. The van der Waals surface area contributed by atoms with Crippen LogP contribution in [0.15, 0.2) is 24.2 Å². The summed E-state index contributed by atoms with van der Waals surface area (Å²) in [6, 6.07) is 0. The number of aromatic nitrogens is 5. The molecular weight excluding hydrogens is 372 g/mol. The van der Waals surface area contributed by atoms with Crippen LogP contribution < -0.4 is 5.73 Å². The van der Waals surface area contributed by atoms with Gasteiger partial charge in [0.1, 0.15) is 30.2 Å². The van der Waals surface area contributed by atoms with Gasteiger partial charge in [-0.25, -0.2) is 19.9 Å². The van der Waals surface area contributed by atoms with Crippen LogP contribution in [0.2, 0.25) is 0 Å². The Bertz CT molecular complexity index is 934. The third-order valence-electron chi connectivity index (χ3n) is 5.06. The normalized spacial score (nSPS) is 29.4. The first-order valence-electron chi connectivity index (χ1n) is 8.46. The number of nitrogen functional groups attached to an aromatic ring is 1. The molecule has 11 heteroatoms. The van der Waals surface area contributed by atoms with Crippen molar-refractivity contribution in [2.75, 3.05) is 12.3 Å². The monoisotopic (exact) mass is 392 g/mol. The molecule has 0 bridgehead atoms. The van der Waals surface area contributed by atoms with Crippen LogP contribution in [-0.4, -0.2) is 64.7 Å². The van der Waals surface area contributed by atoms with Crippen molar-refractivity contribution in [3.8, 4) is 0 Å². The average Bonchev–Trinajstić information content (AvgIpc) is 3.37. The maximum Gasteiger partial charge on any atom is 0.179 e. The molecule has 0 amide bonds. The van der Waals surface area contributed by atoms with Crippen LogP contribution >= 0.6 is 11.3 Å². The van der Waals surface area contributed by atoms with Gasteiger partial charge in [0.2, 0.25) is 0 Å². The Hall–Kier alpha value is -2.18. The zero-order valence-electron chi connectivity index (χ0n) is 14.5. The predicted molar refractivity (Wildman–Crippen MR) is 96.7 cm³/mol. The lowest BCUT2D eigenvalue weighted by Crippen LogP contribution is -2.51. The largest absolute Gasteiger partial charge is 0.394 e. The molecule has 0 aliphatic carbocycles. The van der Waals surface area contributed by atoms with Crippen molar-refractivity contribution in [1.29, 1.82) is 0 Å². The van der Waals surface area contributed by atoms with E-state index < -0.39 is 30.6 Å². The Kier molecular flexibility index (Phi) is 4.56. The zero-order chi connectivity index (χ0) is 19.2. The number of thiazole rings is 1. The molecule has 4 rings (SSSR count). The summed E-state index contributed by atoms with van der Waals surface area (Å²) in [5, 5.41) is 33.8. The fourth-order valence-electron chi connectivity index (χ4n) is 3.69. The summed E-state index contributed by atoms with van der Waals surface area (Å²) in [4.78, 5) is 16.7. The Morgan fingerprint density at radius 3 is 2.81 bits per heavy atom.